The average molecular weight is 243 g/mol. The van der Waals surface area contributed by atoms with E-state index in [2.05, 4.69) is 35.0 Å². The molecule has 0 saturated heterocycles. The molecule has 0 unspecified atom stereocenters. The number of nitrogens with two attached hydrogens (primary N) is 1. The lowest BCUT2D eigenvalue weighted by Gasteiger charge is -2.07. The standard InChI is InChI=1S/C13H17N5/c1-8(2)13-15-11(14)7-12(16-13)18-6-5-10(17-18)9-3-4-9/h5-9H,3-4H2,1-2H3,(H2,14,15,16). The van der Waals surface area contributed by atoms with Crippen molar-refractivity contribution in [3.63, 3.8) is 0 Å². The lowest BCUT2D eigenvalue weighted by Crippen LogP contribution is -2.07. The Labute approximate surface area is 106 Å². The summed E-state index contributed by atoms with van der Waals surface area (Å²) < 4.78 is 1.79. The van der Waals surface area contributed by atoms with E-state index < -0.39 is 0 Å². The largest absolute Gasteiger partial charge is 0.384 e. The van der Waals surface area contributed by atoms with Crippen molar-refractivity contribution in [2.45, 2.75) is 38.5 Å². The summed E-state index contributed by atoms with van der Waals surface area (Å²) in [5.41, 5.74) is 6.97. The average Bonchev–Trinajstić information content (AvgIpc) is 3.06. The molecule has 2 aromatic heterocycles. The SMILES string of the molecule is CC(C)c1nc(N)cc(-n2ccc(C3CC3)n2)n1. The van der Waals surface area contributed by atoms with E-state index in [-0.39, 0.29) is 5.92 Å². The van der Waals surface area contributed by atoms with Crippen molar-refractivity contribution >= 4 is 5.82 Å². The normalized spacial score (nSPS) is 15.3. The van der Waals surface area contributed by atoms with Gasteiger partial charge in [-0.05, 0) is 18.9 Å². The van der Waals surface area contributed by atoms with Gasteiger partial charge >= 0.3 is 0 Å². The maximum absolute atomic E-state index is 5.82. The third kappa shape index (κ3) is 2.08. The third-order valence-corrected chi connectivity index (χ3v) is 3.11. The molecule has 1 saturated carbocycles. The van der Waals surface area contributed by atoms with Gasteiger partial charge in [-0.15, -0.1) is 0 Å². The van der Waals surface area contributed by atoms with Crippen molar-refractivity contribution in [3.05, 3.63) is 29.8 Å². The Morgan fingerprint density at radius 2 is 2.11 bits per heavy atom. The highest BCUT2D eigenvalue weighted by molar-refractivity contribution is 5.37. The van der Waals surface area contributed by atoms with E-state index in [4.69, 9.17) is 5.73 Å². The third-order valence-electron chi connectivity index (χ3n) is 3.11. The summed E-state index contributed by atoms with van der Waals surface area (Å²) in [6.45, 7) is 4.11. The molecule has 0 atom stereocenters. The van der Waals surface area contributed by atoms with Gasteiger partial charge in [0.1, 0.15) is 11.6 Å². The fraction of sp³-hybridized carbons (Fsp3) is 0.462. The van der Waals surface area contributed by atoms with Gasteiger partial charge in [0.15, 0.2) is 5.82 Å². The number of rotatable bonds is 3. The Kier molecular flexibility index (Phi) is 2.54. The molecule has 0 aliphatic heterocycles. The van der Waals surface area contributed by atoms with E-state index in [0.29, 0.717) is 11.7 Å². The number of nitrogen functional groups attached to an aromatic ring is 1. The molecule has 18 heavy (non-hydrogen) atoms. The number of anilines is 1. The highest BCUT2D eigenvalue weighted by atomic mass is 15.3. The summed E-state index contributed by atoms with van der Waals surface area (Å²) in [4.78, 5) is 8.74. The van der Waals surface area contributed by atoms with Gasteiger partial charge in [-0.1, -0.05) is 13.8 Å². The van der Waals surface area contributed by atoms with Crippen molar-refractivity contribution in [2.24, 2.45) is 0 Å². The quantitative estimate of drug-likeness (QED) is 0.897. The maximum Gasteiger partial charge on any atom is 0.159 e. The summed E-state index contributed by atoms with van der Waals surface area (Å²) in [7, 11) is 0. The smallest absolute Gasteiger partial charge is 0.159 e. The molecule has 2 heterocycles. The van der Waals surface area contributed by atoms with Crippen molar-refractivity contribution < 1.29 is 0 Å². The van der Waals surface area contributed by atoms with Crippen LogP contribution in [-0.2, 0) is 0 Å². The van der Waals surface area contributed by atoms with Gasteiger partial charge in [-0.2, -0.15) is 5.10 Å². The molecule has 94 valence electrons. The Morgan fingerprint density at radius 3 is 2.78 bits per heavy atom. The van der Waals surface area contributed by atoms with Crippen molar-refractivity contribution in [1.82, 2.24) is 19.7 Å². The Balaban J connectivity index is 1.98. The van der Waals surface area contributed by atoms with Gasteiger partial charge in [-0.25, -0.2) is 14.6 Å². The molecule has 0 spiro atoms. The van der Waals surface area contributed by atoms with E-state index in [1.165, 1.54) is 12.8 Å². The highest BCUT2D eigenvalue weighted by Gasteiger charge is 2.26. The van der Waals surface area contributed by atoms with Gasteiger partial charge in [0.2, 0.25) is 0 Å². The molecule has 2 aromatic rings. The molecule has 3 rings (SSSR count). The molecule has 0 radical (unpaired) electrons. The highest BCUT2D eigenvalue weighted by Crippen LogP contribution is 2.39. The molecule has 0 bridgehead atoms. The van der Waals surface area contributed by atoms with E-state index in [1.807, 2.05) is 6.20 Å². The Bertz CT molecular complexity index is 569. The molecule has 5 nitrogen and oxygen atoms in total. The first-order valence-corrected chi connectivity index (χ1v) is 6.34. The van der Waals surface area contributed by atoms with Crippen molar-refractivity contribution in [3.8, 4) is 5.82 Å². The predicted molar refractivity (Wildman–Crippen MR) is 69.6 cm³/mol. The summed E-state index contributed by atoms with van der Waals surface area (Å²) in [5.74, 6) is 2.90. The minimum absolute atomic E-state index is 0.255. The van der Waals surface area contributed by atoms with Crippen LogP contribution < -0.4 is 5.73 Å². The summed E-state index contributed by atoms with van der Waals surface area (Å²) >= 11 is 0. The first-order valence-electron chi connectivity index (χ1n) is 6.34. The lowest BCUT2D eigenvalue weighted by atomic mass is 10.2. The fourth-order valence-corrected chi connectivity index (χ4v) is 1.91. The second-order valence-electron chi connectivity index (χ2n) is 5.12. The zero-order valence-electron chi connectivity index (χ0n) is 10.7. The molecule has 0 aromatic carbocycles. The van der Waals surface area contributed by atoms with E-state index >= 15 is 0 Å². The fourth-order valence-electron chi connectivity index (χ4n) is 1.91. The van der Waals surface area contributed by atoms with Gasteiger partial charge in [0, 0.05) is 24.1 Å². The zero-order chi connectivity index (χ0) is 12.7. The Hall–Kier alpha value is -1.91. The first kappa shape index (κ1) is 11.2. The zero-order valence-corrected chi connectivity index (χ0v) is 10.7. The number of hydrogen-bond donors (Lipinski definition) is 1. The van der Waals surface area contributed by atoms with Crippen molar-refractivity contribution in [2.75, 3.05) is 5.73 Å². The molecular formula is C13H17N5. The van der Waals surface area contributed by atoms with Crippen LogP contribution in [-0.4, -0.2) is 19.7 Å². The molecule has 1 aliphatic rings. The molecule has 1 fully saturated rings. The molecule has 2 N–H and O–H groups in total. The second kappa shape index (κ2) is 4.08. The van der Waals surface area contributed by atoms with E-state index in [9.17, 15) is 0 Å². The van der Waals surface area contributed by atoms with Gasteiger partial charge in [-0.3, -0.25) is 0 Å². The lowest BCUT2D eigenvalue weighted by molar-refractivity contribution is 0.742. The van der Waals surface area contributed by atoms with Crippen LogP contribution in [0.2, 0.25) is 0 Å². The Morgan fingerprint density at radius 1 is 1.33 bits per heavy atom. The van der Waals surface area contributed by atoms with Gasteiger partial charge in [0.25, 0.3) is 0 Å². The molecule has 5 heteroatoms. The van der Waals surface area contributed by atoms with Gasteiger partial charge in [0.05, 0.1) is 5.69 Å². The number of aromatic nitrogens is 4. The predicted octanol–water partition coefficient (Wildman–Crippen LogP) is 2.25. The maximum atomic E-state index is 5.82. The first-order chi connectivity index (χ1) is 8.63. The molecular weight excluding hydrogens is 226 g/mol. The summed E-state index contributed by atoms with van der Waals surface area (Å²) in [6.07, 6.45) is 4.44. The van der Waals surface area contributed by atoms with Crippen LogP contribution in [0, 0.1) is 0 Å². The van der Waals surface area contributed by atoms with Crippen molar-refractivity contribution in [1.29, 1.82) is 0 Å². The van der Waals surface area contributed by atoms with Crippen LogP contribution in [0.15, 0.2) is 18.3 Å². The van der Waals surface area contributed by atoms with Crippen LogP contribution in [0.4, 0.5) is 5.82 Å². The topological polar surface area (TPSA) is 69.6 Å². The second-order valence-corrected chi connectivity index (χ2v) is 5.12. The molecule has 0 amide bonds. The van der Waals surface area contributed by atoms with Crippen LogP contribution >= 0.6 is 0 Å². The van der Waals surface area contributed by atoms with Gasteiger partial charge < -0.3 is 5.73 Å². The van der Waals surface area contributed by atoms with Crippen LogP contribution in [0.1, 0.15) is 50.0 Å². The van der Waals surface area contributed by atoms with Crippen LogP contribution in [0.5, 0.6) is 0 Å². The number of nitrogens with zero attached hydrogens (tertiary/aromatic N) is 4. The minimum Gasteiger partial charge on any atom is -0.384 e. The number of hydrogen-bond acceptors (Lipinski definition) is 4. The summed E-state index contributed by atoms with van der Waals surface area (Å²) in [6, 6.07) is 3.82. The summed E-state index contributed by atoms with van der Waals surface area (Å²) in [5, 5.41) is 4.55. The monoisotopic (exact) mass is 243 g/mol. The minimum atomic E-state index is 0.255. The molecule has 1 aliphatic carbocycles. The van der Waals surface area contributed by atoms with E-state index in [0.717, 1.165) is 17.3 Å². The van der Waals surface area contributed by atoms with Crippen LogP contribution in [0.3, 0.4) is 0 Å². The van der Waals surface area contributed by atoms with Crippen LogP contribution in [0.25, 0.3) is 5.82 Å². The van der Waals surface area contributed by atoms with E-state index in [1.54, 1.807) is 10.7 Å².